The molecule has 1 spiro atoms. The third-order valence-electron chi connectivity index (χ3n) is 15.7. The largest absolute Gasteiger partial charge is 0.496 e. The van der Waals surface area contributed by atoms with Crippen molar-refractivity contribution < 1.29 is 43.5 Å². The number of anilines is 1. The standard InChI is InChI=1S/C46H57IN4O9/c1-8-42(55)22-27-23-45(40(53)58-6,36-29(13-17-50(24-27)25-42)30-19-28(47)11-12-33(30)48-36)32-20-31-34(21-35(32)57-5)49(4)38-44(31)15-18-51-16-10-14-43(9-2,37(44)51)39(60-26(3)52)46(38,56)41(54)59-7/h10-12,14,19-21,27,37-39,48,55-56H,8-9,13,15-18,22-25H2,1-7H3/t27-,37-,38?,39+,42-,43+,44+,45-,46?/m0/s1. The molecule has 1 aliphatic carbocycles. The topological polar surface area (TPSA) is 154 Å². The number of benzene rings is 2. The lowest BCUT2D eigenvalue weighted by Gasteiger charge is -2.63. The maximum Gasteiger partial charge on any atom is 0.344 e. The number of hydrogen-bond acceptors (Lipinski definition) is 12. The molecule has 3 aromatic rings. The number of carbonyl (C=O) groups is 3. The smallest absolute Gasteiger partial charge is 0.344 e. The number of fused-ring (bicyclic) bond motifs is 6. The molecule has 1 saturated carbocycles. The fourth-order valence-electron chi connectivity index (χ4n) is 13.5. The van der Waals surface area contributed by atoms with Crippen LogP contribution in [0.4, 0.5) is 5.69 Å². The number of esters is 3. The van der Waals surface area contributed by atoms with Gasteiger partial charge in [0.1, 0.15) is 11.2 Å². The average molecular weight is 937 g/mol. The van der Waals surface area contributed by atoms with Gasteiger partial charge in [0.25, 0.3) is 0 Å². The molecule has 3 fully saturated rings. The molecule has 0 radical (unpaired) electrons. The molecule has 13 nitrogen and oxygen atoms in total. The van der Waals surface area contributed by atoms with Gasteiger partial charge in [-0.2, -0.15) is 0 Å². The zero-order valence-corrected chi connectivity index (χ0v) is 37.8. The summed E-state index contributed by atoms with van der Waals surface area (Å²) in [5.41, 5.74) is -1.64. The van der Waals surface area contributed by atoms with Crippen LogP contribution in [-0.2, 0) is 45.8 Å². The number of halogens is 1. The highest BCUT2D eigenvalue weighted by Gasteiger charge is 2.80. The molecule has 3 N–H and O–H groups in total. The maximum absolute atomic E-state index is 15.4. The Bertz CT molecular complexity index is 2320. The van der Waals surface area contributed by atoms with Crippen LogP contribution in [0.1, 0.15) is 75.3 Å². The van der Waals surface area contributed by atoms with Gasteiger partial charge in [-0.05, 0) is 109 Å². The number of ether oxygens (including phenoxy) is 4. The number of likely N-dealkylation sites (N-methyl/N-ethyl adjacent to an activating group) is 1. The molecule has 3 unspecified atom stereocenters. The number of aromatic amines is 1. The number of carbonyl (C=O) groups excluding carboxylic acids is 3. The summed E-state index contributed by atoms with van der Waals surface area (Å²) in [6.07, 6.45) is 5.93. The van der Waals surface area contributed by atoms with Crippen molar-refractivity contribution in [3.63, 3.8) is 0 Å². The number of hydrogen-bond donors (Lipinski definition) is 3. The van der Waals surface area contributed by atoms with E-state index in [1.165, 1.54) is 21.1 Å². The minimum atomic E-state index is -2.30. The van der Waals surface area contributed by atoms with Crippen LogP contribution < -0.4 is 9.64 Å². The second kappa shape index (κ2) is 14.4. The first-order chi connectivity index (χ1) is 28.6. The van der Waals surface area contributed by atoms with Crippen LogP contribution in [0, 0.1) is 14.9 Å². The van der Waals surface area contributed by atoms with Gasteiger partial charge in [0.15, 0.2) is 6.10 Å². The van der Waals surface area contributed by atoms with E-state index >= 15 is 4.79 Å². The summed E-state index contributed by atoms with van der Waals surface area (Å²) in [5.74, 6) is -1.57. The lowest BCUT2D eigenvalue weighted by molar-refractivity contribution is -0.228. The van der Waals surface area contributed by atoms with E-state index < -0.39 is 57.5 Å². The molecule has 5 aliphatic heterocycles. The van der Waals surface area contributed by atoms with E-state index in [0.29, 0.717) is 82.6 Å². The first-order valence-electron chi connectivity index (χ1n) is 21.3. The third-order valence-corrected chi connectivity index (χ3v) is 16.3. The van der Waals surface area contributed by atoms with Gasteiger partial charge in [-0.3, -0.25) is 19.4 Å². The maximum atomic E-state index is 15.4. The van der Waals surface area contributed by atoms with Crippen LogP contribution in [0.5, 0.6) is 5.75 Å². The highest BCUT2D eigenvalue weighted by atomic mass is 127. The zero-order valence-electron chi connectivity index (χ0n) is 35.6. The molecule has 60 heavy (non-hydrogen) atoms. The SMILES string of the molecule is CC[C@]1(O)C[C@@H]2CN(CCc3c([nH]c4ccc(I)cc34)[C@@](C(=O)OC)(c3cc4c(cc3OC)N(C)C3C(O)(C(=O)OC)[C@H](OC(C)=O)[C@]5(CC)C=CCN6CC[C@]43[C@@H]65)C2)C1. The van der Waals surface area contributed by atoms with Crippen molar-refractivity contribution in [3.05, 3.63) is 68.4 Å². The molecule has 0 amide bonds. The summed E-state index contributed by atoms with van der Waals surface area (Å²) in [6.45, 7) is 8.62. The predicted molar refractivity (Wildman–Crippen MR) is 233 cm³/mol. The van der Waals surface area contributed by atoms with Crippen LogP contribution in [0.25, 0.3) is 10.9 Å². The molecule has 6 aliphatic rings. The summed E-state index contributed by atoms with van der Waals surface area (Å²) in [7, 11) is 6.16. The monoisotopic (exact) mass is 936 g/mol. The predicted octanol–water partition coefficient (Wildman–Crippen LogP) is 4.60. The molecule has 2 aromatic carbocycles. The van der Waals surface area contributed by atoms with Crippen molar-refractivity contribution >= 4 is 57.1 Å². The van der Waals surface area contributed by atoms with Crippen LogP contribution >= 0.6 is 22.6 Å². The van der Waals surface area contributed by atoms with Crippen LogP contribution in [-0.4, -0.2) is 133 Å². The van der Waals surface area contributed by atoms with Gasteiger partial charge in [0.2, 0.25) is 5.60 Å². The molecule has 14 heteroatoms. The third kappa shape index (κ3) is 5.45. The minimum Gasteiger partial charge on any atom is -0.496 e. The Morgan fingerprint density at radius 1 is 0.967 bits per heavy atom. The highest BCUT2D eigenvalue weighted by Crippen LogP contribution is 2.68. The molecular formula is C46H57IN4O9. The Kier molecular flexibility index (Phi) is 10.0. The summed E-state index contributed by atoms with van der Waals surface area (Å²) < 4.78 is 25.1. The normalized spacial score (nSPS) is 36.6. The summed E-state index contributed by atoms with van der Waals surface area (Å²) in [4.78, 5) is 53.3. The van der Waals surface area contributed by atoms with Gasteiger partial charge >= 0.3 is 17.9 Å². The van der Waals surface area contributed by atoms with Gasteiger partial charge in [-0.1, -0.05) is 26.0 Å². The number of nitrogens with zero attached hydrogens (tertiary/aromatic N) is 3. The lowest BCUT2D eigenvalue weighted by atomic mass is 9.47. The average Bonchev–Trinajstić information content (AvgIpc) is 3.89. The number of H-pyrrole nitrogens is 1. The Hall–Kier alpha value is -3.70. The molecule has 322 valence electrons. The number of nitrogens with one attached hydrogen (secondary N) is 1. The van der Waals surface area contributed by atoms with Crippen LogP contribution in [0.2, 0.25) is 0 Å². The quantitative estimate of drug-likeness (QED) is 0.132. The lowest BCUT2D eigenvalue weighted by Crippen LogP contribution is -2.81. The van der Waals surface area contributed by atoms with Gasteiger partial charge in [0, 0.05) is 94.5 Å². The van der Waals surface area contributed by atoms with Crippen molar-refractivity contribution in [1.82, 2.24) is 14.8 Å². The molecule has 2 saturated heterocycles. The van der Waals surface area contributed by atoms with Crippen molar-refractivity contribution in [3.8, 4) is 5.75 Å². The Balaban J connectivity index is 1.37. The number of piperidine rings is 1. The minimum absolute atomic E-state index is 0.103. The Labute approximate surface area is 364 Å². The van der Waals surface area contributed by atoms with Crippen LogP contribution in [0.3, 0.4) is 0 Å². The Morgan fingerprint density at radius 2 is 1.73 bits per heavy atom. The number of methoxy groups -OCH3 is 3. The fraction of sp³-hybridized carbons (Fsp3) is 0.587. The Morgan fingerprint density at radius 3 is 2.42 bits per heavy atom. The van der Waals surface area contributed by atoms with Crippen molar-refractivity contribution in [2.45, 2.75) is 99.5 Å². The van der Waals surface area contributed by atoms with E-state index in [1.807, 2.05) is 31.9 Å². The van der Waals surface area contributed by atoms with Crippen molar-refractivity contribution in [1.29, 1.82) is 0 Å². The van der Waals surface area contributed by atoms with Gasteiger partial charge in [-0.15, -0.1) is 0 Å². The van der Waals surface area contributed by atoms with Gasteiger partial charge in [0.05, 0.1) is 33.0 Å². The first kappa shape index (κ1) is 41.6. The highest BCUT2D eigenvalue weighted by molar-refractivity contribution is 14.1. The molecule has 2 bridgehead atoms. The van der Waals surface area contributed by atoms with Crippen molar-refractivity contribution in [2.24, 2.45) is 11.3 Å². The number of rotatable bonds is 7. The summed E-state index contributed by atoms with van der Waals surface area (Å²) in [5, 5.41) is 26.4. The molecule has 9 rings (SSSR count). The van der Waals surface area contributed by atoms with Gasteiger partial charge in [-0.25, -0.2) is 4.79 Å². The molecule has 10 atom stereocenters. The summed E-state index contributed by atoms with van der Waals surface area (Å²) in [6, 6.07) is 9.11. The number of aromatic nitrogens is 1. The van der Waals surface area contributed by atoms with Crippen LogP contribution in [0.15, 0.2) is 42.5 Å². The molecule has 6 heterocycles. The summed E-state index contributed by atoms with van der Waals surface area (Å²) >= 11 is 2.33. The van der Waals surface area contributed by atoms with Gasteiger partial charge < -0.3 is 39.0 Å². The molecule has 1 aromatic heterocycles. The second-order valence-corrected chi connectivity index (χ2v) is 19.6. The van der Waals surface area contributed by atoms with E-state index in [1.54, 1.807) is 7.11 Å². The van der Waals surface area contributed by atoms with Crippen molar-refractivity contribution in [2.75, 3.05) is 66.0 Å². The zero-order chi connectivity index (χ0) is 42.7. The second-order valence-electron chi connectivity index (χ2n) is 18.3. The molecular weight excluding hydrogens is 879 g/mol. The van der Waals surface area contributed by atoms with E-state index in [-0.39, 0.29) is 12.0 Å². The fourth-order valence-corrected chi connectivity index (χ4v) is 14.0. The van der Waals surface area contributed by atoms with E-state index in [4.69, 9.17) is 18.9 Å². The number of aliphatic hydroxyl groups is 2. The van der Waals surface area contributed by atoms with E-state index in [2.05, 4.69) is 73.8 Å². The first-order valence-corrected chi connectivity index (χ1v) is 22.4. The van der Waals surface area contributed by atoms with E-state index in [9.17, 15) is 19.8 Å². The van der Waals surface area contributed by atoms with E-state index in [0.717, 1.165) is 37.0 Å².